The fraction of sp³-hybridized carbons (Fsp3) is 0.562. The fourth-order valence-corrected chi connectivity index (χ4v) is 3.14. The molecule has 1 N–H and O–H groups in total. The molecule has 2 rings (SSSR count). The highest BCUT2D eigenvalue weighted by atomic mass is 32.1. The van der Waals surface area contributed by atoms with Gasteiger partial charge in [-0.3, -0.25) is 0 Å². The fourth-order valence-electron chi connectivity index (χ4n) is 2.25. The van der Waals surface area contributed by atoms with E-state index in [-0.39, 0.29) is 5.41 Å². The molecule has 0 aromatic carbocycles. The average molecular weight is 291 g/mol. The summed E-state index contributed by atoms with van der Waals surface area (Å²) < 4.78 is 2.15. The van der Waals surface area contributed by atoms with E-state index in [1.54, 1.807) is 0 Å². The van der Waals surface area contributed by atoms with Gasteiger partial charge in [0.1, 0.15) is 0 Å². The molecule has 4 heteroatoms. The molecule has 20 heavy (non-hydrogen) atoms. The largest absolute Gasteiger partial charge is 0.336 e. The second-order valence-corrected chi connectivity index (χ2v) is 7.83. The second-order valence-electron chi connectivity index (χ2n) is 6.51. The Kier molecular flexibility index (Phi) is 4.66. The molecule has 0 spiro atoms. The van der Waals surface area contributed by atoms with Gasteiger partial charge in [-0.25, -0.2) is 4.98 Å². The van der Waals surface area contributed by atoms with Crippen molar-refractivity contribution in [3.05, 3.63) is 40.6 Å². The van der Waals surface area contributed by atoms with E-state index in [0.717, 1.165) is 6.54 Å². The van der Waals surface area contributed by atoms with E-state index in [4.69, 9.17) is 0 Å². The van der Waals surface area contributed by atoms with Gasteiger partial charge in [-0.05, 0) is 31.4 Å². The lowest BCUT2D eigenvalue weighted by Gasteiger charge is -2.34. The number of imidazole rings is 1. The molecule has 0 saturated heterocycles. The third-order valence-electron chi connectivity index (χ3n) is 3.64. The predicted octanol–water partition coefficient (Wildman–Crippen LogP) is 4.02. The van der Waals surface area contributed by atoms with Crippen molar-refractivity contribution in [1.29, 1.82) is 0 Å². The van der Waals surface area contributed by atoms with E-state index < -0.39 is 0 Å². The van der Waals surface area contributed by atoms with Gasteiger partial charge in [0.15, 0.2) is 0 Å². The summed E-state index contributed by atoms with van der Waals surface area (Å²) in [6, 6.07) is 5.20. The highest BCUT2D eigenvalue weighted by Crippen LogP contribution is 2.27. The number of nitrogens with one attached hydrogen (secondary N) is 1. The number of hydrogen-bond donors (Lipinski definition) is 1. The van der Waals surface area contributed by atoms with E-state index in [1.165, 1.54) is 9.75 Å². The Labute approximate surface area is 126 Å². The van der Waals surface area contributed by atoms with Gasteiger partial charge in [0.05, 0.1) is 6.33 Å². The Morgan fingerprint density at radius 3 is 2.60 bits per heavy atom. The first-order valence-electron chi connectivity index (χ1n) is 7.14. The molecule has 110 valence electrons. The van der Waals surface area contributed by atoms with Gasteiger partial charge in [0, 0.05) is 40.8 Å². The van der Waals surface area contributed by atoms with Gasteiger partial charge < -0.3 is 9.88 Å². The molecule has 2 atom stereocenters. The first-order valence-corrected chi connectivity index (χ1v) is 7.96. The Morgan fingerprint density at radius 1 is 1.35 bits per heavy atom. The minimum atomic E-state index is 0.199. The molecule has 0 aliphatic carbocycles. The summed E-state index contributed by atoms with van der Waals surface area (Å²) in [5, 5.41) is 3.79. The van der Waals surface area contributed by atoms with Crippen LogP contribution in [0.15, 0.2) is 30.9 Å². The molecule has 2 unspecified atom stereocenters. The Morgan fingerprint density at radius 2 is 2.10 bits per heavy atom. The standard InChI is InChI=1S/C16H25N3S/c1-12-6-7-14(20-12)13(2)18-15(16(3,4)5)10-19-9-8-17-11-19/h6-9,11,13,15,18H,10H2,1-5H3. The van der Waals surface area contributed by atoms with Crippen LogP contribution in [0.2, 0.25) is 0 Å². The van der Waals surface area contributed by atoms with Crippen LogP contribution in [0.5, 0.6) is 0 Å². The molecular formula is C16H25N3S. The molecule has 2 aromatic rings. The van der Waals surface area contributed by atoms with Crippen molar-refractivity contribution in [3.8, 4) is 0 Å². The molecule has 0 saturated carbocycles. The van der Waals surface area contributed by atoms with E-state index in [9.17, 15) is 0 Å². The molecule has 0 aliphatic heterocycles. The van der Waals surface area contributed by atoms with Gasteiger partial charge in [-0.1, -0.05) is 20.8 Å². The number of thiophene rings is 1. The van der Waals surface area contributed by atoms with Crippen LogP contribution in [0.4, 0.5) is 0 Å². The zero-order valence-electron chi connectivity index (χ0n) is 13.1. The van der Waals surface area contributed by atoms with Crippen LogP contribution in [0, 0.1) is 12.3 Å². The Balaban J connectivity index is 2.08. The second kappa shape index (κ2) is 6.10. The highest BCUT2D eigenvalue weighted by Gasteiger charge is 2.26. The topological polar surface area (TPSA) is 29.9 Å². The van der Waals surface area contributed by atoms with Crippen LogP contribution in [0.1, 0.15) is 43.5 Å². The van der Waals surface area contributed by atoms with Crippen molar-refractivity contribution in [2.24, 2.45) is 5.41 Å². The predicted molar refractivity (Wildman–Crippen MR) is 86.1 cm³/mol. The number of aryl methyl sites for hydroxylation is 1. The van der Waals surface area contributed by atoms with Crippen LogP contribution in [0.3, 0.4) is 0 Å². The van der Waals surface area contributed by atoms with Crippen molar-refractivity contribution in [2.75, 3.05) is 0 Å². The van der Waals surface area contributed by atoms with Gasteiger partial charge in [0.25, 0.3) is 0 Å². The molecule has 0 amide bonds. The molecule has 3 nitrogen and oxygen atoms in total. The van der Waals surface area contributed by atoms with E-state index in [0.29, 0.717) is 12.1 Å². The molecule has 0 radical (unpaired) electrons. The minimum Gasteiger partial charge on any atom is -0.336 e. The lowest BCUT2D eigenvalue weighted by molar-refractivity contribution is 0.226. The third-order valence-corrected chi connectivity index (χ3v) is 4.82. The van der Waals surface area contributed by atoms with Gasteiger partial charge >= 0.3 is 0 Å². The zero-order valence-corrected chi connectivity index (χ0v) is 13.9. The third kappa shape index (κ3) is 3.93. The lowest BCUT2D eigenvalue weighted by atomic mass is 9.86. The lowest BCUT2D eigenvalue weighted by Crippen LogP contribution is -2.44. The van der Waals surface area contributed by atoms with E-state index in [2.05, 4.69) is 61.6 Å². The van der Waals surface area contributed by atoms with Crippen molar-refractivity contribution >= 4 is 11.3 Å². The highest BCUT2D eigenvalue weighted by molar-refractivity contribution is 7.12. The molecule has 0 fully saturated rings. The molecule has 2 aromatic heterocycles. The maximum absolute atomic E-state index is 4.14. The Bertz CT molecular complexity index is 522. The molecule has 0 bridgehead atoms. The van der Waals surface area contributed by atoms with E-state index in [1.807, 2.05) is 30.1 Å². The van der Waals surface area contributed by atoms with E-state index >= 15 is 0 Å². The van der Waals surface area contributed by atoms with Gasteiger partial charge in [0.2, 0.25) is 0 Å². The number of aromatic nitrogens is 2. The Hall–Kier alpha value is -1.13. The maximum Gasteiger partial charge on any atom is 0.0946 e. The van der Waals surface area contributed by atoms with Crippen molar-refractivity contribution in [1.82, 2.24) is 14.9 Å². The maximum atomic E-state index is 4.14. The van der Waals surface area contributed by atoms with Crippen LogP contribution in [0.25, 0.3) is 0 Å². The monoisotopic (exact) mass is 291 g/mol. The SMILES string of the molecule is Cc1ccc(C(C)NC(Cn2ccnc2)C(C)(C)C)s1. The van der Waals surface area contributed by atoms with Gasteiger partial charge in [-0.15, -0.1) is 11.3 Å². The molecule has 0 aliphatic rings. The quantitative estimate of drug-likeness (QED) is 0.901. The minimum absolute atomic E-state index is 0.199. The molecule has 2 heterocycles. The summed E-state index contributed by atoms with van der Waals surface area (Å²) in [7, 11) is 0. The average Bonchev–Trinajstić information content (AvgIpc) is 2.98. The number of nitrogens with zero attached hydrogens (tertiary/aromatic N) is 2. The zero-order chi connectivity index (χ0) is 14.8. The summed E-state index contributed by atoms with van der Waals surface area (Å²) >= 11 is 1.87. The van der Waals surface area contributed by atoms with Crippen molar-refractivity contribution in [3.63, 3.8) is 0 Å². The summed E-state index contributed by atoms with van der Waals surface area (Å²) in [6.07, 6.45) is 5.76. The van der Waals surface area contributed by atoms with Crippen LogP contribution in [-0.4, -0.2) is 15.6 Å². The van der Waals surface area contributed by atoms with Gasteiger partial charge in [-0.2, -0.15) is 0 Å². The first-order chi connectivity index (χ1) is 9.36. The summed E-state index contributed by atoms with van der Waals surface area (Å²) in [4.78, 5) is 6.91. The number of rotatable bonds is 5. The number of hydrogen-bond acceptors (Lipinski definition) is 3. The van der Waals surface area contributed by atoms with Crippen LogP contribution >= 0.6 is 11.3 Å². The summed E-state index contributed by atoms with van der Waals surface area (Å²) in [6.45, 7) is 12.2. The first kappa shape index (κ1) is 15.3. The van der Waals surface area contributed by atoms with Crippen molar-refractivity contribution < 1.29 is 0 Å². The normalized spacial score (nSPS) is 15.2. The van der Waals surface area contributed by atoms with Crippen molar-refractivity contribution in [2.45, 2.75) is 53.2 Å². The summed E-state index contributed by atoms with van der Waals surface area (Å²) in [5.41, 5.74) is 0.199. The smallest absolute Gasteiger partial charge is 0.0946 e. The van der Waals surface area contributed by atoms with Crippen LogP contribution < -0.4 is 5.32 Å². The van der Waals surface area contributed by atoms with Crippen LogP contribution in [-0.2, 0) is 6.54 Å². The summed E-state index contributed by atoms with van der Waals surface area (Å²) in [5.74, 6) is 0. The molecular weight excluding hydrogens is 266 g/mol.